The van der Waals surface area contributed by atoms with Crippen LogP contribution in [0, 0.1) is 10.1 Å². The van der Waals surface area contributed by atoms with Gasteiger partial charge in [0.05, 0.1) is 23.7 Å². The van der Waals surface area contributed by atoms with Gasteiger partial charge >= 0.3 is 0 Å². The molecule has 0 radical (unpaired) electrons. The summed E-state index contributed by atoms with van der Waals surface area (Å²) in [6.45, 7) is 3.80. The minimum atomic E-state index is -0.752. The molecule has 3 rings (SSSR count). The number of carbonyl (C=O) groups excluding carboxylic acids is 2. The van der Waals surface area contributed by atoms with Gasteiger partial charge in [-0.3, -0.25) is 29.9 Å². The number of hydrogen-bond acceptors (Lipinski definition) is 7. The molecule has 10 heteroatoms. The number of methoxy groups -OCH3 is 1. The molecule has 2 amide bonds. The minimum Gasteiger partial charge on any atom is -0.493 e. The van der Waals surface area contributed by atoms with Gasteiger partial charge in [0.2, 0.25) is 0 Å². The van der Waals surface area contributed by atoms with Gasteiger partial charge in [-0.05, 0) is 29.9 Å². The van der Waals surface area contributed by atoms with Crippen LogP contribution in [-0.4, -0.2) is 40.4 Å². The van der Waals surface area contributed by atoms with E-state index in [0.717, 1.165) is 16.5 Å². The molecule has 0 saturated carbocycles. The lowest BCUT2D eigenvalue weighted by molar-refractivity contribution is -0.385. The molecule has 1 fully saturated rings. The number of rotatable bonds is 8. The summed E-state index contributed by atoms with van der Waals surface area (Å²) in [6, 6.07) is 11.8. The van der Waals surface area contributed by atoms with Crippen LogP contribution in [0.3, 0.4) is 0 Å². The first-order valence-electron chi connectivity index (χ1n) is 9.38. The first-order valence-corrected chi connectivity index (χ1v) is 9.79. The monoisotopic (exact) mass is 453 g/mol. The van der Waals surface area contributed by atoms with Crippen LogP contribution in [0.25, 0.3) is 6.08 Å². The first kappa shape index (κ1) is 22.6. The summed E-state index contributed by atoms with van der Waals surface area (Å²) in [6.07, 6.45) is 2.58. The topological polar surface area (TPSA) is 111 Å². The highest BCUT2D eigenvalue weighted by Crippen LogP contribution is 2.36. The summed E-state index contributed by atoms with van der Waals surface area (Å²) in [5.41, 5.74) is 0.212. The number of amides is 2. The van der Waals surface area contributed by atoms with Crippen LogP contribution in [-0.2, 0) is 16.2 Å². The van der Waals surface area contributed by atoms with Crippen LogP contribution in [0.4, 0.5) is 5.69 Å². The number of carbonyl (C=O) groups is 2. The van der Waals surface area contributed by atoms with Gasteiger partial charge in [-0.1, -0.05) is 36.4 Å². The quantitative estimate of drug-likeness (QED) is 0.163. The number of nitro benzene ring substituents is 1. The van der Waals surface area contributed by atoms with Gasteiger partial charge in [0.1, 0.15) is 12.2 Å². The van der Waals surface area contributed by atoms with Crippen molar-refractivity contribution < 1.29 is 24.0 Å². The molecule has 32 heavy (non-hydrogen) atoms. The molecule has 1 aliphatic heterocycles. The van der Waals surface area contributed by atoms with Crippen molar-refractivity contribution in [2.24, 2.45) is 0 Å². The molecule has 0 spiro atoms. The third-order valence-corrected chi connectivity index (χ3v) is 4.87. The Kier molecular flexibility index (Phi) is 6.96. The fourth-order valence-corrected chi connectivity index (χ4v) is 3.24. The van der Waals surface area contributed by atoms with E-state index in [1.807, 2.05) is 30.3 Å². The standard InChI is InChI=1S/C22H19N3O6S/c1-3-9-24-21(27)16(20(26)23-22(24)32)10-15-11-18(30-2)19(12-17(15)25(28)29)31-13-14-7-5-4-6-8-14/h3-8,10-12H,1,9,13H2,2H3,(H,23,26,32)/b16-10+. The predicted octanol–water partition coefficient (Wildman–Crippen LogP) is 3.00. The summed E-state index contributed by atoms with van der Waals surface area (Å²) >= 11 is 5.01. The first-order chi connectivity index (χ1) is 15.3. The Balaban J connectivity index is 2.01. The normalized spacial score (nSPS) is 14.8. The Morgan fingerprint density at radius 1 is 1.22 bits per heavy atom. The highest BCUT2D eigenvalue weighted by atomic mass is 32.1. The summed E-state index contributed by atoms with van der Waals surface area (Å²) < 4.78 is 11.0. The SMILES string of the molecule is C=CCN1C(=O)/C(=C/c2cc(OC)c(OCc3ccccc3)cc2[N+](=O)[O-])C(=O)NC1=S. The van der Waals surface area contributed by atoms with Gasteiger partial charge in [-0.25, -0.2) is 0 Å². The van der Waals surface area contributed by atoms with Gasteiger partial charge in [-0.2, -0.15) is 0 Å². The lowest BCUT2D eigenvalue weighted by Gasteiger charge is -2.27. The van der Waals surface area contributed by atoms with E-state index in [4.69, 9.17) is 21.7 Å². The van der Waals surface area contributed by atoms with Crippen molar-refractivity contribution in [3.8, 4) is 11.5 Å². The zero-order valence-corrected chi connectivity index (χ0v) is 17.9. The van der Waals surface area contributed by atoms with E-state index >= 15 is 0 Å². The molecule has 0 atom stereocenters. The maximum absolute atomic E-state index is 12.7. The van der Waals surface area contributed by atoms with E-state index in [1.54, 1.807) is 0 Å². The van der Waals surface area contributed by atoms with Crippen molar-refractivity contribution in [1.82, 2.24) is 10.2 Å². The Morgan fingerprint density at radius 3 is 2.56 bits per heavy atom. The molecule has 2 aromatic carbocycles. The summed E-state index contributed by atoms with van der Waals surface area (Å²) in [5.74, 6) is -1.08. The number of benzene rings is 2. The molecule has 0 unspecified atom stereocenters. The van der Waals surface area contributed by atoms with Crippen molar-refractivity contribution in [2.45, 2.75) is 6.61 Å². The van der Waals surface area contributed by atoms with Crippen molar-refractivity contribution in [2.75, 3.05) is 13.7 Å². The average Bonchev–Trinajstić information content (AvgIpc) is 2.78. The van der Waals surface area contributed by atoms with Crippen LogP contribution in [0.2, 0.25) is 0 Å². The molecule has 164 valence electrons. The van der Waals surface area contributed by atoms with E-state index in [9.17, 15) is 19.7 Å². The average molecular weight is 453 g/mol. The second-order valence-electron chi connectivity index (χ2n) is 6.61. The zero-order valence-electron chi connectivity index (χ0n) is 17.1. The van der Waals surface area contributed by atoms with E-state index in [0.29, 0.717) is 0 Å². The second-order valence-corrected chi connectivity index (χ2v) is 7.00. The van der Waals surface area contributed by atoms with Gasteiger partial charge in [0, 0.05) is 6.54 Å². The maximum atomic E-state index is 12.7. The fourth-order valence-electron chi connectivity index (χ4n) is 2.99. The molecule has 1 heterocycles. The van der Waals surface area contributed by atoms with Gasteiger partial charge < -0.3 is 9.47 Å². The van der Waals surface area contributed by atoms with Crippen LogP contribution in [0.15, 0.2) is 60.7 Å². The highest BCUT2D eigenvalue weighted by Gasteiger charge is 2.33. The van der Waals surface area contributed by atoms with Crippen LogP contribution in [0.1, 0.15) is 11.1 Å². The molecule has 9 nitrogen and oxygen atoms in total. The van der Waals surface area contributed by atoms with Crippen molar-refractivity contribution >= 4 is 40.9 Å². The minimum absolute atomic E-state index is 0.00350. The Morgan fingerprint density at radius 2 is 1.94 bits per heavy atom. The molecule has 1 aliphatic rings. The zero-order chi connectivity index (χ0) is 23.3. The maximum Gasteiger partial charge on any atom is 0.280 e. The van der Waals surface area contributed by atoms with E-state index in [-0.39, 0.29) is 46.6 Å². The molecule has 0 bridgehead atoms. The van der Waals surface area contributed by atoms with Gasteiger partial charge in [0.25, 0.3) is 17.5 Å². The number of nitro groups is 1. The van der Waals surface area contributed by atoms with Gasteiger partial charge in [-0.15, -0.1) is 6.58 Å². The number of hydrogen-bond donors (Lipinski definition) is 1. The number of thiocarbonyl (C=S) groups is 1. The van der Waals surface area contributed by atoms with Gasteiger partial charge in [0.15, 0.2) is 16.6 Å². The molecule has 1 saturated heterocycles. The lowest BCUT2D eigenvalue weighted by Crippen LogP contribution is -2.53. The third-order valence-electron chi connectivity index (χ3n) is 4.54. The molecule has 1 N–H and O–H groups in total. The third kappa shape index (κ3) is 4.81. The molecule has 2 aromatic rings. The Hall–Kier alpha value is -4.05. The van der Waals surface area contributed by atoms with E-state index in [2.05, 4.69) is 11.9 Å². The summed E-state index contributed by atoms with van der Waals surface area (Å²) in [7, 11) is 1.39. The van der Waals surface area contributed by atoms with Crippen molar-refractivity contribution in [1.29, 1.82) is 0 Å². The van der Waals surface area contributed by atoms with Crippen molar-refractivity contribution in [3.63, 3.8) is 0 Å². The summed E-state index contributed by atoms with van der Waals surface area (Å²) in [5, 5.41) is 14.1. The van der Waals surface area contributed by atoms with Crippen LogP contribution < -0.4 is 14.8 Å². The second kappa shape index (κ2) is 9.84. The van der Waals surface area contributed by atoms with E-state index in [1.165, 1.54) is 25.3 Å². The molecular formula is C22H19N3O6S. The Labute approximate surface area is 189 Å². The summed E-state index contributed by atoms with van der Waals surface area (Å²) in [4.78, 5) is 37.3. The molecule has 0 aromatic heterocycles. The molecule has 0 aliphatic carbocycles. The van der Waals surface area contributed by atoms with Crippen LogP contribution in [0.5, 0.6) is 11.5 Å². The fraction of sp³-hybridized carbons (Fsp3) is 0.136. The Bertz CT molecular complexity index is 1130. The van der Waals surface area contributed by atoms with Crippen molar-refractivity contribution in [3.05, 3.63) is 81.9 Å². The number of nitrogens with one attached hydrogen (secondary N) is 1. The smallest absolute Gasteiger partial charge is 0.280 e. The number of nitrogens with zero attached hydrogens (tertiary/aromatic N) is 2. The molecular weight excluding hydrogens is 434 g/mol. The van der Waals surface area contributed by atoms with E-state index < -0.39 is 16.7 Å². The van der Waals surface area contributed by atoms with Crippen LogP contribution >= 0.6 is 12.2 Å². The highest BCUT2D eigenvalue weighted by molar-refractivity contribution is 7.80. The number of ether oxygens (including phenoxy) is 2. The largest absolute Gasteiger partial charge is 0.493 e. The lowest BCUT2D eigenvalue weighted by atomic mass is 10.0. The predicted molar refractivity (Wildman–Crippen MR) is 121 cm³/mol.